The van der Waals surface area contributed by atoms with E-state index in [4.69, 9.17) is 0 Å². The Kier molecular flexibility index (Phi) is 11.4. The van der Waals surface area contributed by atoms with Crippen molar-refractivity contribution in [3.8, 4) is 0 Å². The van der Waals surface area contributed by atoms with Gasteiger partial charge < -0.3 is 19.8 Å². The molecule has 20 heavy (non-hydrogen) atoms. The first kappa shape index (κ1) is 23.2. The average Bonchev–Trinajstić information content (AvgIpc) is 2.20. The molecule has 6 heteroatoms. The Bertz CT molecular complexity index is 333. The van der Waals surface area contributed by atoms with Gasteiger partial charge in [0.05, 0.1) is 0 Å². The topological polar surface area (TPSA) is 80.3 Å². The zero-order valence-corrected chi connectivity index (χ0v) is 17.5. The summed E-state index contributed by atoms with van der Waals surface area (Å²) in [5.74, 6) is -4.09. The molecular weight excluding hydrogens is 278 g/mol. The van der Waals surface area contributed by atoms with E-state index in [1.807, 2.05) is 20.8 Å². The van der Waals surface area contributed by atoms with Crippen molar-refractivity contribution in [3.05, 3.63) is 0 Å². The summed E-state index contributed by atoms with van der Waals surface area (Å²) >= 11 is 0. The maximum atomic E-state index is 11.3. The Morgan fingerprint density at radius 2 is 1.50 bits per heavy atom. The van der Waals surface area contributed by atoms with E-state index in [2.05, 4.69) is 0 Å². The van der Waals surface area contributed by atoms with Gasteiger partial charge in [-0.2, -0.15) is 0 Å². The van der Waals surface area contributed by atoms with E-state index >= 15 is 0 Å². The second kappa shape index (κ2) is 9.86. The zero-order chi connectivity index (χ0) is 14.0. The van der Waals surface area contributed by atoms with Crippen LogP contribution in [0.15, 0.2) is 0 Å². The van der Waals surface area contributed by atoms with Crippen molar-refractivity contribution in [2.24, 2.45) is 35.5 Å². The molecule has 0 bridgehead atoms. The van der Waals surface area contributed by atoms with E-state index in [1.165, 1.54) is 0 Å². The Morgan fingerprint density at radius 3 is 1.85 bits per heavy atom. The Labute approximate surface area is 165 Å². The average molecular weight is 300 g/mol. The van der Waals surface area contributed by atoms with Crippen LogP contribution in [-0.2, 0) is 9.59 Å². The van der Waals surface area contributed by atoms with Gasteiger partial charge in [-0.25, -0.2) is 0 Å². The summed E-state index contributed by atoms with van der Waals surface area (Å²) in [4.78, 5) is 22.6. The van der Waals surface area contributed by atoms with Gasteiger partial charge in [0.25, 0.3) is 0 Å². The van der Waals surface area contributed by atoms with Crippen LogP contribution in [0.25, 0.3) is 0 Å². The standard InChI is InChI=1S/C14H24O4.2Na/c1-7(2)5-10-6-8(3)9(4)11(13(15)16)12(10)14(17)18;;/h7-12H,5-6H2,1-4H3,(H,15,16)(H,17,18);;/q;2*+1/p-2. The fourth-order valence-corrected chi connectivity index (χ4v) is 3.36. The van der Waals surface area contributed by atoms with Crippen LogP contribution in [-0.4, -0.2) is 11.9 Å². The number of carbonyl (C=O) groups is 2. The molecule has 0 heterocycles. The van der Waals surface area contributed by atoms with Crippen LogP contribution in [0.1, 0.15) is 40.5 Å². The van der Waals surface area contributed by atoms with Gasteiger partial charge in [0.1, 0.15) is 0 Å². The minimum absolute atomic E-state index is 0. The molecule has 0 aromatic carbocycles. The summed E-state index contributed by atoms with van der Waals surface area (Å²) in [7, 11) is 0. The summed E-state index contributed by atoms with van der Waals surface area (Å²) in [6, 6.07) is 0. The molecular formula is C14H22Na2O4. The smallest absolute Gasteiger partial charge is 0.550 e. The van der Waals surface area contributed by atoms with E-state index in [0.29, 0.717) is 5.92 Å². The second-order valence-corrected chi connectivity index (χ2v) is 6.15. The molecule has 1 aliphatic carbocycles. The molecule has 0 radical (unpaired) electrons. The van der Waals surface area contributed by atoms with Crippen molar-refractivity contribution in [3.63, 3.8) is 0 Å². The summed E-state index contributed by atoms with van der Waals surface area (Å²) in [6.45, 7) is 7.82. The van der Waals surface area contributed by atoms with Gasteiger partial charge in [0, 0.05) is 23.8 Å². The molecule has 1 saturated carbocycles. The molecule has 0 saturated heterocycles. The molecule has 104 valence electrons. The van der Waals surface area contributed by atoms with Crippen molar-refractivity contribution < 1.29 is 78.9 Å². The molecule has 1 fully saturated rings. The molecule has 0 aromatic rings. The van der Waals surface area contributed by atoms with Crippen molar-refractivity contribution in [1.82, 2.24) is 0 Å². The Morgan fingerprint density at radius 1 is 1.05 bits per heavy atom. The number of hydrogen-bond donors (Lipinski definition) is 0. The van der Waals surface area contributed by atoms with E-state index < -0.39 is 23.8 Å². The zero-order valence-electron chi connectivity index (χ0n) is 13.5. The van der Waals surface area contributed by atoms with Gasteiger partial charge in [-0.15, -0.1) is 0 Å². The van der Waals surface area contributed by atoms with Crippen LogP contribution in [0, 0.1) is 35.5 Å². The van der Waals surface area contributed by atoms with Crippen molar-refractivity contribution in [2.45, 2.75) is 40.5 Å². The van der Waals surface area contributed by atoms with Gasteiger partial charge in [-0.3, -0.25) is 0 Å². The minimum atomic E-state index is -1.25. The van der Waals surface area contributed by atoms with E-state index in [0.717, 1.165) is 12.8 Å². The summed E-state index contributed by atoms with van der Waals surface area (Å²) in [5, 5.41) is 22.6. The Balaban J connectivity index is 0. The van der Waals surface area contributed by atoms with Gasteiger partial charge in [0.2, 0.25) is 0 Å². The molecule has 1 aliphatic rings. The molecule has 0 spiro atoms. The van der Waals surface area contributed by atoms with Crippen LogP contribution in [0.4, 0.5) is 0 Å². The molecule has 0 aromatic heterocycles. The fourth-order valence-electron chi connectivity index (χ4n) is 3.36. The maximum absolute atomic E-state index is 11.3. The maximum Gasteiger partial charge on any atom is 1.00 e. The van der Waals surface area contributed by atoms with Gasteiger partial charge in [-0.05, 0) is 36.5 Å². The van der Waals surface area contributed by atoms with Gasteiger partial charge in [-0.1, -0.05) is 27.7 Å². The van der Waals surface area contributed by atoms with Crippen LogP contribution in [0.2, 0.25) is 0 Å². The molecule has 0 N–H and O–H groups in total. The predicted molar refractivity (Wildman–Crippen MR) is 62.9 cm³/mol. The van der Waals surface area contributed by atoms with Gasteiger partial charge in [0.15, 0.2) is 0 Å². The van der Waals surface area contributed by atoms with E-state index in [1.54, 1.807) is 6.92 Å². The molecule has 0 amide bonds. The third kappa shape index (κ3) is 5.62. The van der Waals surface area contributed by atoms with Crippen LogP contribution < -0.4 is 69.3 Å². The Hall–Kier alpha value is 0.940. The van der Waals surface area contributed by atoms with E-state index in [-0.39, 0.29) is 76.9 Å². The van der Waals surface area contributed by atoms with Crippen molar-refractivity contribution >= 4 is 11.9 Å². The summed E-state index contributed by atoms with van der Waals surface area (Å²) < 4.78 is 0. The molecule has 1 rings (SSSR count). The first-order chi connectivity index (χ1) is 8.25. The molecule has 4 nitrogen and oxygen atoms in total. The predicted octanol–water partition coefficient (Wildman–Crippen LogP) is -5.94. The number of aliphatic carboxylic acids is 2. The number of hydrogen-bond acceptors (Lipinski definition) is 4. The van der Waals surface area contributed by atoms with Crippen LogP contribution in [0.3, 0.4) is 0 Å². The number of carbonyl (C=O) groups excluding carboxylic acids is 2. The number of carboxylic acid groups (broad SMARTS) is 2. The quantitative estimate of drug-likeness (QED) is 0.484. The number of carboxylic acids is 2. The fraction of sp³-hybridized carbons (Fsp3) is 0.857. The third-order valence-electron chi connectivity index (χ3n) is 4.35. The molecule has 5 unspecified atom stereocenters. The first-order valence-electron chi connectivity index (χ1n) is 6.67. The second-order valence-electron chi connectivity index (χ2n) is 6.15. The number of rotatable bonds is 4. The van der Waals surface area contributed by atoms with Crippen LogP contribution in [0.5, 0.6) is 0 Å². The van der Waals surface area contributed by atoms with Crippen molar-refractivity contribution in [1.29, 1.82) is 0 Å². The van der Waals surface area contributed by atoms with Gasteiger partial charge >= 0.3 is 59.1 Å². The summed E-state index contributed by atoms with van der Waals surface area (Å²) in [6.07, 6.45) is 1.47. The molecule has 0 aliphatic heterocycles. The monoisotopic (exact) mass is 300 g/mol. The van der Waals surface area contributed by atoms with E-state index in [9.17, 15) is 19.8 Å². The van der Waals surface area contributed by atoms with Crippen LogP contribution >= 0.6 is 0 Å². The molecule has 5 atom stereocenters. The summed E-state index contributed by atoms with van der Waals surface area (Å²) in [5.41, 5.74) is 0. The normalized spacial score (nSPS) is 33.0. The minimum Gasteiger partial charge on any atom is -0.550 e. The first-order valence-corrected chi connectivity index (χ1v) is 6.67. The SMILES string of the molecule is CC(C)CC1CC(C)C(C)C(C(=O)[O-])C1C(=O)[O-].[Na+].[Na+]. The van der Waals surface area contributed by atoms with Crippen molar-refractivity contribution in [2.75, 3.05) is 0 Å². The third-order valence-corrected chi connectivity index (χ3v) is 4.35. The largest absolute Gasteiger partial charge is 1.00 e.